The number of ether oxygens (including phenoxy) is 1. The molecule has 2 aromatic rings. The zero-order valence-electron chi connectivity index (χ0n) is 14.0. The van der Waals surface area contributed by atoms with E-state index >= 15 is 0 Å². The van der Waals surface area contributed by atoms with Crippen molar-refractivity contribution in [1.82, 2.24) is 0 Å². The van der Waals surface area contributed by atoms with Crippen LogP contribution in [0.25, 0.3) is 0 Å². The summed E-state index contributed by atoms with van der Waals surface area (Å²) in [5, 5.41) is 18.8. The lowest BCUT2D eigenvalue weighted by molar-refractivity contribution is -0.384. The van der Waals surface area contributed by atoms with Gasteiger partial charge in [0.25, 0.3) is 5.69 Å². The van der Waals surface area contributed by atoms with Crippen LogP contribution in [0.2, 0.25) is 0 Å². The highest BCUT2D eigenvalue weighted by Crippen LogP contribution is 2.23. The molecule has 0 aliphatic rings. The molecule has 0 radical (unpaired) electrons. The standard InChI is InChI=1S/C17H18N4O4/c1-13(22)25-12-11-20(2)16-7-3-14(4-8-16)18-19-15-5-9-17(10-6-15)21(23)24/h3-10H,11-12H2,1-2H3. The molecule has 0 saturated carbocycles. The average Bonchev–Trinajstić information content (AvgIpc) is 2.60. The van der Waals surface area contributed by atoms with Crippen LogP contribution < -0.4 is 4.90 Å². The van der Waals surface area contributed by atoms with Crippen molar-refractivity contribution < 1.29 is 14.5 Å². The Hall–Kier alpha value is -3.29. The first-order valence-corrected chi connectivity index (χ1v) is 7.56. The normalized spacial score (nSPS) is 10.6. The largest absolute Gasteiger partial charge is 0.464 e. The molecule has 0 bridgehead atoms. The minimum Gasteiger partial charge on any atom is -0.464 e. The number of carbonyl (C=O) groups is 1. The number of hydrogen-bond donors (Lipinski definition) is 0. The summed E-state index contributed by atoms with van der Waals surface area (Å²) in [6.07, 6.45) is 0. The second kappa shape index (κ2) is 8.53. The summed E-state index contributed by atoms with van der Waals surface area (Å²) in [5.41, 5.74) is 2.17. The number of likely N-dealkylation sites (N-methyl/N-ethyl adjacent to an activating group) is 1. The van der Waals surface area contributed by atoms with Crippen LogP contribution in [0, 0.1) is 10.1 Å². The van der Waals surface area contributed by atoms with E-state index in [1.165, 1.54) is 19.1 Å². The fourth-order valence-corrected chi connectivity index (χ4v) is 1.99. The number of hydrogen-bond acceptors (Lipinski definition) is 7. The fraction of sp³-hybridized carbons (Fsp3) is 0.235. The van der Waals surface area contributed by atoms with Crippen LogP contribution in [0.4, 0.5) is 22.7 Å². The smallest absolute Gasteiger partial charge is 0.302 e. The number of non-ortho nitro benzene ring substituents is 1. The van der Waals surface area contributed by atoms with E-state index in [1.54, 1.807) is 12.1 Å². The van der Waals surface area contributed by atoms with Crippen molar-refractivity contribution in [3.05, 3.63) is 58.6 Å². The van der Waals surface area contributed by atoms with Crippen LogP contribution in [0.1, 0.15) is 6.92 Å². The second-order valence-corrected chi connectivity index (χ2v) is 5.25. The third-order valence-electron chi connectivity index (χ3n) is 3.36. The van der Waals surface area contributed by atoms with Crippen LogP contribution in [0.15, 0.2) is 58.8 Å². The van der Waals surface area contributed by atoms with Crippen LogP contribution in [-0.4, -0.2) is 31.1 Å². The van der Waals surface area contributed by atoms with E-state index in [4.69, 9.17) is 4.74 Å². The van der Waals surface area contributed by atoms with Gasteiger partial charge in [-0.3, -0.25) is 14.9 Å². The molecule has 0 spiro atoms. The highest BCUT2D eigenvalue weighted by Gasteiger charge is 2.04. The van der Waals surface area contributed by atoms with E-state index < -0.39 is 4.92 Å². The van der Waals surface area contributed by atoms with Gasteiger partial charge in [0.15, 0.2) is 0 Å². The summed E-state index contributed by atoms with van der Waals surface area (Å²) in [5.74, 6) is -0.296. The van der Waals surface area contributed by atoms with Gasteiger partial charge >= 0.3 is 5.97 Å². The Morgan fingerprint density at radius 1 is 1.08 bits per heavy atom. The fourth-order valence-electron chi connectivity index (χ4n) is 1.99. The first-order valence-electron chi connectivity index (χ1n) is 7.56. The van der Waals surface area contributed by atoms with Crippen molar-refractivity contribution in [2.24, 2.45) is 10.2 Å². The van der Waals surface area contributed by atoms with Crippen molar-refractivity contribution in [3.63, 3.8) is 0 Å². The predicted molar refractivity (Wildman–Crippen MR) is 93.6 cm³/mol. The van der Waals surface area contributed by atoms with Crippen molar-refractivity contribution in [2.75, 3.05) is 25.1 Å². The molecule has 8 heteroatoms. The monoisotopic (exact) mass is 342 g/mol. The minimum atomic E-state index is -0.461. The van der Waals surface area contributed by atoms with Gasteiger partial charge in [-0.05, 0) is 36.4 Å². The number of benzene rings is 2. The third kappa shape index (κ3) is 5.69. The van der Waals surface area contributed by atoms with E-state index in [0.29, 0.717) is 24.5 Å². The van der Waals surface area contributed by atoms with Crippen molar-refractivity contribution >= 4 is 28.7 Å². The Kier molecular flexibility index (Phi) is 6.16. The lowest BCUT2D eigenvalue weighted by Gasteiger charge is -2.18. The molecule has 0 fully saturated rings. The Bertz CT molecular complexity index is 757. The molecule has 2 rings (SSSR count). The Morgan fingerprint density at radius 3 is 2.08 bits per heavy atom. The maximum atomic E-state index is 10.8. The Labute approximate surface area is 144 Å². The van der Waals surface area contributed by atoms with Crippen molar-refractivity contribution in [1.29, 1.82) is 0 Å². The molecule has 25 heavy (non-hydrogen) atoms. The Morgan fingerprint density at radius 2 is 1.60 bits per heavy atom. The number of rotatable bonds is 7. The van der Waals surface area contributed by atoms with Gasteiger partial charge in [-0.2, -0.15) is 10.2 Å². The summed E-state index contributed by atoms with van der Waals surface area (Å²) in [6, 6.07) is 13.2. The average molecular weight is 342 g/mol. The van der Waals surface area contributed by atoms with Crippen LogP contribution >= 0.6 is 0 Å². The zero-order valence-corrected chi connectivity index (χ0v) is 14.0. The van der Waals surface area contributed by atoms with Crippen molar-refractivity contribution in [2.45, 2.75) is 6.92 Å². The summed E-state index contributed by atoms with van der Waals surface area (Å²) in [7, 11) is 1.90. The number of nitrogens with zero attached hydrogens (tertiary/aromatic N) is 4. The van der Waals surface area contributed by atoms with Gasteiger partial charge < -0.3 is 9.64 Å². The quantitative estimate of drug-likeness (QED) is 0.328. The Balaban J connectivity index is 1.95. The van der Waals surface area contributed by atoms with E-state index in [1.807, 2.05) is 36.2 Å². The van der Waals surface area contributed by atoms with Gasteiger partial charge in [-0.25, -0.2) is 0 Å². The number of nitro groups is 1. The number of azo groups is 1. The van der Waals surface area contributed by atoms with E-state index in [9.17, 15) is 14.9 Å². The van der Waals surface area contributed by atoms with Gasteiger partial charge in [0, 0.05) is 31.8 Å². The van der Waals surface area contributed by atoms with Gasteiger partial charge in [-0.1, -0.05) is 0 Å². The highest BCUT2D eigenvalue weighted by atomic mass is 16.6. The number of esters is 1. The minimum absolute atomic E-state index is 0.0140. The molecule has 0 amide bonds. The first-order chi connectivity index (χ1) is 12.0. The molecular formula is C17H18N4O4. The molecule has 0 aliphatic heterocycles. The van der Waals surface area contributed by atoms with E-state index in [2.05, 4.69) is 10.2 Å². The zero-order chi connectivity index (χ0) is 18.2. The molecule has 0 unspecified atom stereocenters. The molecule has 0 atom stereocenters. The maximum Gasteiger partial charge on any atom is 0.302 e. The lowest BCUT2D eigenvalue weighted by atomic mass is 10.2. The summed E-state index contributed by atoms with van der Waals surface area (Å²) in [4.78, 5) is 22.8. The van der Waals surface area contributed by atoms with Crippen molar-refractivity contribution in [3.8, 4) is 0 Å². The molecular weight excluding hydrogens is 324 g/mol. The topological polar surface area (TPSA) is 97.4 Å². The van der Waals surface area contributed by atoms with Gasteiger partial charge in [0.2, 0.25) is 0 Å². The summed E-state index contributed by atoms with van der Waals surface area (Å²) in [6.45, 7) is 2.29. The summed E-state index contributed by atoms with van der Waals surface area (Å²) >= 11 is 0. The summed E-state index contributed by atoms with van der Waals surface area (Å²) < 4.78 is 4.91. The molecule has 0 N–H and O–H groups in total. The highest BCUT2D eigenvalue weighted by molar-refractivity contribution is 5.66. The SMILES string of the molecule is CC(=O)OCCN(C)c1ccc(N=Nc2ccc([N+](=O)[O-])cc2)cc1. The van der Waals surface area contributed by atoms with E-state index in [-0.39, 0.29) is 11.7 Å². The molecule has 0 heterocycles. The van der Waals surface area contributed by atoms with Crippen LogP contribution in [-0.2, 0) is 9.53 Å². The first kappa shape index (κ1) is 18.1. The number of anilines is 1. The molecule has 2 aromatic carbocycles. The lowest BCUT2D eigenvalue weighted by Crippen LogP contribution is -2.23. The van der Waals surface area contributed by atoms with Gasteiger partial charge in [0.1, 0.15) is 6.61 Å². The molecule has 0 aromatic heterocycles. The predicted octanol–water partition coefficient (Wildman–Crippen LogP) is 4.01. The number of carbonyl (C=O) groups excluding carboxylic acids is 1. The van der Waals surface area contributed by atoms with Gasteiger partial charge in [-0.15, -0.1) is 0 Å². The van der Waals surface area contributed by atoms with Crippen LogP contribution in [0.3, 0.4) is 0 Å². The molecule has 0 aliphatic carbocycles. The molecule has 0 saturated heterocycles. The van der Waals surface area contributed by atoms with Crippen LogP contribution in [0.5, 0.6) is 0 Å². The number of nitro benzene ring substituents is 1. The molecule has 8 nitrogen and oxygen atoms in total. The van der Waals surface area contributed by atoms with Gasteiger partial charge in [0.05, 0.1) is 22.8 Å². The third-order valence-corrected chi connectivity index (χ3v) is 3.36. The molecule has 130 valence electrons. The maximum absolute atomic E-state index is 10.8. The second-order valence-electron chi connectivity index (χ2n) is 5.25. The van der Waals surface area contributed by atoms with E-state index in [0.717, 1.165) is 5.69 Å².